The van der Waals surface area contributed by atoms with Gasteiger partial charge in [-0.25, -0.2) is 0 Å². The molecule has 5 heteroatoms. The predicted molar refractivity (Wildman–Crippen MR) is 74.3 cm³/mol. The van der Waals surface area contributed by atoms with Gasteiger partial charge in [-0.05, 0) is 51.2 Å². The van der Waals surface area contributed by atoms with Crippen molar-refractivity contribution in [2.24, 2.45) is 5.73 Å². The molecule has 0 saturated heterocycles. The van der Waals surface area contributed by atoms with Crippen LogP contribution in [-0.4, -0.2) is 23.0 Å². The van der Waals surface area contributed by atoms with Crippen LogP contribution in [0.1, 0.15) is 48.3 Å². The zero-order chi connectivity index (χ0) is 14.0. The minimum atomic E-state index is -0.489. The van der Waals surface area contributed by atoms with Crippen LogP contribution in [0.15, 0.2) is 10.9 Å². The van der Waals surface area contributed by atoms with E-state index in [-0.39, 0.29) is 17.0 Å². The van der Waals surface area contributed by atoms with Gasteiger partial charge in [0, 0.05) is 17.8 Å². The average Bonchev–Trinajstić information content (AvgIpc) is 2.34. The molecule has 0 unspecified atom stereocenters. The Hall–Kier alpha value is -1.62. The van der Waals surface area contributed by atoms with Gasteiger partial charge in [-0.15, -0.1) is 0 Å². The van der Waals surface area contributed by atoms with Crippen LogP contribution >= 0.6 is 0 Å². The predicted octanol–water partition coefficient (Wildman–Crippen LogP) is 0.721. The van der Waals surface area contributed by atoms with Crippen LogP contribution in [0.5, 0.6) is 0 Å². The number of H-pyrrole nitrogens is 1. The molecule has 2 rings (SSSR count). The Bertz CT molecular complexity index is 541. The van der Waals surface area contributed by atoms with Gasteiger partial charge in [0.05, 0.1) is 0 Å². The summed E-state index contributed by atoms with van der Waals surface area (Å²) >= 11 is 0. The topological polar surface area (TPSA) is 88.0 Å². The number of fused-ring (bicyclic) bond motifs is 1. The Morgan fingerprint density at radius 1 is 1.42 bits per heavy atom. The number of rotatable bonds is 3. The largest absolute Gasteiger partial charge is 0.350 e. The first-order chi connectivity index (χ1) is 8.87. The highest BCUT2D eigenvalue weighted by Gasteiger charge is 2.18. The van der Waals surface area contributed by atoms with Gasteiger partial charge >= 0.3 is 0 Å². The van der Waals surface area contributed by atoms with Crippen molar-refractivity contribution in [1.82, 2.24) is 10.3 Å². The number of nitrogens with two attached hydrogens (primary N) is 1. The summed E-state index contributed by atoms with van der Waals surface area (Å²) in [5.74, 6) is -0.354. The lowest BCUT2D eigenvalue weighted by Gasteiger charge is -2.19. The maximum atomic E-state index is 12.0. The van der Waals surface area contributed by atoms with Gasteiger partial charge in [0.25, 0.3) is 11.5 Å². The SMILES string of the molecule is CC(C)(N)CNC(=O)c1cc2c([nH]c1=O)CCCC2. The highest BCUT2D eigenvalue weighted by atomic mass is 16.2. The van der Waals surface area contributed by atoms with Crippen molar-refractivity contribution >= 4 is 5.91 Å². The van der Waals surface area contributed by atoms with E-state index >= 15 is 0 Å². The summed E-state index contributed by atoms with van der Waals surface area (Å²) in [5, 5.41) is 2.70. The summed E-state index contributed by atoms with van der Waals surface area (Å²) in [4.78, 5) is 26.7. The second kappa shape index (κ2) is 5.17. The third-order valence-corrected chi connectivity index (χ3v) is 3.29. The second-order valence-corrected chi connectivity index (χ2v) is 5.89. The van der Waals surface area contributed by atoms with E-state index in [9.17, 15) is 9.59 Å². The minimum absolute atomic E-state index is 0.185. The van der Waals surface area contributed by atoms with E-state index in [0.717, 1.165) is 36.9 Å². The third-order valence-electron chi connectivity index (χ3n) is 3.29. The van der Waals surface area contributed by atoms with Gasteiger partial charge in [-0.3, -0.25) is 9.59 Å². The molecule has 0 atom stereocenters. The molecule has 4 N–H and O–H groups in total. The third kappa shape index (κ3) is 3.44. The fourth-order valence-electron chi connectivity index (χ4n) is 2.25. The van der Waals surface area contributed by atoms with Gasteiger partial charge in [-0.1, -0.05) is 0 Å². The van der Waals surface area contributed by atoms with Gasteiger partial charge in [0.15, 0.2) is 0 Å². The summed E-state index contributed by atoms with van der Waals surface area (Å²) in [7, 11) is 0. The molecular weight excluding hydrogens is 242 g/mol. The highest BCUT2D eigenvalue weighted by molar-refractivity contribution is 5.94. The van der Waals surface area contributed by atoms with Crippen molar-refractivity contribution in [2.75, 3.05) is 6.54 Å². The van der Waals surface area contributed by atoms with Crippen molar-refractivity contribution in [3.63, 3.8) is 0 Å². The molecule has 0 fully saturated rings. The lowest BCUT2D eigenvalue weighted by Crippen LogP contribution is -2.46. The first kappa shape index (κ1) is 13.8. The number of carbonyl (C=O) groups is 1. The standard InChI is InChI=1S/C14H21N3O2/c1-14(2,15)8-16-12(18)10-7-9-5-3-4-6-11(9)17-13(10)19/h7H,3-6,8,15H2,1-2H3,(H,16,18)(H,17,19). The number of hydrogen-bond acceptors (Lipinski definition) is 3. The van der Waals surface area contributed by atoms with E-state index in [1.54, 1.807) is 6.07 Å². The molecule has 1 heterocycles. The summed E-state index contributed by atoms with van der Waals surface area (Å²) < 4.78 is 0. The molecule has 1 amide bonds. The molecule has 0 radical (unpaired) electrons. The van der Waals surface area contributed by atoms with E-state index in [2.05, 4.69) is 10.3 Å². The van der Waals surface area contributed by atoms with Crippen molar-refractivity contribution in [1.29, 1.82) is 0 Å². The number of pyridine rings is 1. The van der Waals surface area contributed by atoms with Crippen molar-refractivity contribution < 1.29 is 4.79 Å². The van der Waals surface area contributed by atoms with Crippen LogP contribution in [0.4, 0.5) is 0 Å². The Kier molecular flexibility index (Phi) is 3.75. The number of carbonyl (C=O) groups excluding carboxylic acids is 1. The zero-order valence-corrected chi connectivity index (χ0v) is 11.5. The van der Waals surface area contributed by atoms with Crippen molar-refractivity contribution in [3.05, 3.63) is 33.2 Å². The van der Waals surface area contributed by atoms with Crippen LogP contribution in [0.25, 0.3) is 0 Å². The van der Waals surface area contributed by atoms with Crippen LogP contribution in [0.2, 0.25) is 0 Å². The molecule has 0 spiro atoms. The van der Waals surface area contributed by atoms with Crippen LogP contribution in [-0.2, 0) is 12.8 Å². The average molecular weight is 263 g/mol. The van der Waals surface area contributed by atoms with Crippen molar-refractivity contribution in [2.45, 2.75) is 45.1 Å². The summed E-state index contributed by atoms with van der Waals surface area (Å²) in [5.41, 5.74) is 7.26. The lowest BCUT2D eigenvalue weighted by atomic mass is 9.95. The van der Waals surface area contributed by atoms with E-state index in [4.69, 9.17) is 5.73 Å². The molecule has 1 aliphatic carbocycles. The summed E-state index contributed by atoms with van der Waals surface area (Å²) in [6.07, 6.45) is 4.02. The Labute approximate surface area is 112 Å². The van der Waals surface area contributed by atoms with Crippen molar-refractivity contribution in [3.8, 4) is 0 Å². The van der Waals surface area contributed by atoms with Gasteiger partial charge in [0.1, 0.15) is 5.56 Å². The van der Waals surface area contributed by atoms with Crippen LogP contribution in [0.3, 0.4) is 0 Å². The van der Waals surface area contributed by atoms with Gasteiger partial charge in [0.2, 0.25) is 0 Å². The number of aromatic nitrogens is 1. The van der Waals surface area contributed by atoms with Crippen LogP contribution < -0.4 is 16.6 Å². The molecule has 1 aromatic rings. The Balaban J connectivity index is 2.20. The number of nitrogens with one attached hydrogen (secondary N) is 2. The normalized spacial score (nSPS) is 14.9. The molecule has 0 aromatic carbocycles. The molecule has 0 aliphatic heterocycles. The molecule has 5 nitrogen and oxygen atoms in total. The highest BCUT2D eigenvalue weighted by Crippen LogP contribution is 2.18. The molecule has 104 valence electrons. The van der Waals surface area contributed by atoms with E-state index in [0.29, 0.717) is 6.54 Å². The Morgan fingerprint density at radius 2 is 2.11 bits per heavy atom. The monoisotopic (exact) mass is 263 g/mol. The molecular formula is C14H21N3O2. The van der Waals surface area contributed by atoms with E-state index in [1.807, 2.05) is 13.8 Å². The quantitative estimate of drug-likeness (QED) is 0.751. The minimum Gasteiger partial charge on any atom is -0.350 e. The number of aryl methyl sites for hydroxylation is 2. The van der Waals surface area contributed by atoms with E-state index < -0.39 is 5.54 Å². The first-order valence-electron chi connectivity index (χ1n) is 6.69. The fourth-order valence-corrected chi connectivity index (χ4v) is 2.25. The molecule has 1 aromatic heterocycles. The number of amides is 1. The van der Waals surface area contributed by atoms with Gasteiger partial charge in [-0.2, -0.15) is 0 Å². The maximum Gasteiger partial charge on any atom is 0.261 e. The summed E-state index contributed by atoms with van der Waals surface area (Å²) in [6.45, 7) is 3.98. The molecule has 1 aliphatic rings. The Morgan fingerprint density at radius 3 is 2.79 bits per heavy atom. The number of aromatic amines is 1. The molecule has 19 heavy (non-hydrogen) atoms. The lowest BCUT2D eigenvalue weighted by molar-refractivity contribution is 0.0944. The smallest absolute Gasteiger partial charge is 0.261 e. The van der Waals surface area contributed by atoms with Gasteiger partial charge < -0.3 is 16.0 Å². The molecule has 0 bridgehead atoms. The summed E-state index contributed by atoms with van der Waals surface area (Å²) in [6, 6.07) is 1.73. The fraction of sp³-hybridized carbons (Fsp3) is 0.571. The van der Waals surface area contributed by atoms with Crippen LogP contribution in [0, 0.1) is 0 Å². The second-order valence-electron chi connectivity index (χ2n) is 5.89. The first-order valence-corrected chi connectivity index (χ1v) is 6.69. The maximum absolute atomic E-state index is 12.0. The number of hydrogen-bond donors (Lipinski definition) is 3. The van der Waals surface area contributed by atoms with E-state index in [1.165, 1.54) is 0 Å². The molecule has 0 saturated carbocycles. The zero-order valence-electron chi connectivity index (χ0n) is 11.5.